The molecular formula is C9H12ClN. The van der Waals surface area contributed by atoms with E-state index in [1.54, 1.807) is 0 Å². The second-order valence-corrected chi connectivity index (χ2v) is 2.92. The van der Waals surface area contributed by atoms with E-state index in [-0.39, 0.29) is 12.4 Å². The van der Waals surface area contributed by atoms with Crippen molar-refractivity contribution < 1.29 is 0 Å². The maximum absolute atomic E-state index is 5.70. The van der Waals surface area contributed by atoms with Gasteiger partial charge in [-0.25, -0.2) is 0 Å². The summed E-state index contributed by atoms with van der Waals surface area (Å²) in [7, 11) is 0. The predicted molar refractivity (Wildman–Crippen MR) is 49.0 cm³/mol. The SMILES string of the molecule is Cl.N[C@@H]1CC1c1ccccc1. The quantitative estimate of drug-likeness (QED) is 0.683. The Morgan fingerprint density at radius 1 is 1.18 bits per heavy atom. The third kappa shape index (κ3) is 1.73. The van der Waals surface area contributed by atoms with E-state index in [1.807, 2.05) is 6.07 Å². The van der Waals surface area contributed by atoms with Gasteiger partial charge < -0.3 is 5.73 Å². The van der Waals surface area contributed by atoms with Crippen molar-refractivity contribution >= 4 is 12.4 Å². The highest BCUT2D eigenvalue weighted by Gasteiger charge is 2.34. The number of hydrogen-bond donors (Lipinski definition) is 1. The van der Waals surface area contributed by atoms with Gasteiger partial charge in [-0.15, -0.1) is 12.4 Å². The average Bonchev–Trinajstić information content (AvgIpc) is 2.69. The standard InChI is InChI=1S/C9H11N.ClH/c10-9-6-8(9)7-4-2-1-3-5-7;/h1-5,8-9H,6,10H2;1H/t8?,9-;/m1./s1. The molecule has 0 radical (unpaired) electrons. The summed E-state index contributed by atoms with van der Waals surface area (Å²) in [6.45, 7) is 0. The minimum atomic E-state index is 0. The molecule has 1 fully saturated rings. The molecule has 1 saturated carbocycles. The lowest BCUT2D eigenvalue weighted by Crippen LogP contribution is -2.00. The van der Waals surface area contributed by atoms with Crippen LogP contribution < -0.4 is 5.73 Å². The van der Waals surface area contributed by atoms with Crippen LogP contribution in [0, 0.1) is 0 Å². The van der Waals surface area contributed by atoms with Gasteiger partial charge in [-0.1, -0.05) is 30.3 Å². The normalized spacial score (nSPS) is 27.4. The highest BCUT2D eigenvalue weighted by Crippen LogP contribution is 2.38. The maximum atomic E-state index is 5.70. The van der Waals surface area contributed by atoms with Gasteiger partial charge in [0.1, 0.15) is 0 Å². The fourth-order valence-corrected chi connectivity index (χ4v) is 1.30. The van der Waals surface area contributed by atoms with Crippen LogP contribution in [0.4, 0.5) is 0 Å². The first kappa shape index (κ1) is 8.57. The van der Waals surface area contributed by atoms with E-state index in [1.165, 1.54) is 12.0 Å². The number of rotatable bonds is 1. The van der Waals surface area contributed by atoms with E-state index in [2.05, 4.69) is 24.3 Å². The van der Waals surface area contributed by atoms with Gasteiger partial charge in [-0.05, 0) is 12.0 Å². The Hall–Kier alpha value is -0.530. The second-order valence-electron chi connectivity index (χ2n) is 2.92. The lowest BCUT2D eigenvalue weighted by atomic mass is 10.1. The van der Waals surface area contributed by atoms with Crippen LogP contribution in [0.5, 0.6) is 0 Å². The molecule has 1 nitrogen and oxygen atoms in total. The van der Waals surface area contributed by atoms with Crippen LogP contribution in [-0.4, -0.2) is 6.04 Å². The molecule has 1 aromatic carbocycles. The molecular weight excluding hydrogens is 158 g/mol. The summed E-state index contributed by atoms with van der Waals surface area (Å²) in [5.74, 6) is 0.654. The van der Waals surface area contributed by atoms with Crippen LogP contribution >= 0.6 is 12.4 Å². The molecule has 1 aliphatic carbocycles. The van der Waals surface area contributed by atoms with Crippen molar-refractivity contribution in [2.24, 2.45) is 5.73 Å². The van der Waals surface area contributed by atoms with E-state index in [0.29, 0.717) is 12.0 Å². The van der Waals surface area contributed by atoms with Gasteiger partial charge in [0.2, 0.25) is 0 Å². The molecule has 2 N–H and O–H groups in total. The molecule has 1 aliphatic rings. The molecule has 2 heteroatoms. The predicted octanol–water partition coefficient (Wildman–Crippen LogP) is 1.92. The lowest BCUT2D eigenvalue weighted by Gasteiger charge is -1.94. The first-order valence-electron chi connectivity index (χ1n) is 3.68. The van der Waals surface area contributed by atoms with Gasteiger partial charge >= 0.3 is 0 Å². The van der Waals surface area contributed by atoms with Crippen LogP contribution in [-0.2, 0) is 0 Å². The van der Waals surface area contributed by atoms with Crippen molar-refractivity contribution in [3.8, 4) is 0 Å². The molecule has 0 amide bonds. The largest absolute Gasteiger partial charge is 0.327 e. The molecule has 1 aromatic rings. The summed E-state index contributed by atoms with van der Waals surface area (Å²) in [6.07, 6.45) is 1.17. The van der Waals surface area contributed by atoms with Crippen LogP contribution in [0.15, 0.2) is 30.3 Å². The smallest absolute Gasteiger partial charge is 0.0115 e. The number of hydrogen-bond acceptors (Lipinski definition) is 1. The summed E-state index contributed by atoms with van der Waals surface area (Å²) in [5, 5.41) is 0. The maximum Gasteiger partial charge on any atom is 0.0115 e. The summed E-state index contributed by atoms with van der Waals surface area (Å²) < 4.78 is 0. The van der Waals surface area contributed by atoms with Crippen LogP contribution in [0.3, 0.4) is 0 Å². The van der Waals surface area contributed by atoms with Crippen LogP contribution in [0.2, 0.25) is 0 Å². The van der Waals surface area contributed by atoms with E-state index >= 15 is 0 Å². The Morgan fingerprint density at radius 2 is 1.73 bits per heavy atom. The van der Waals surface area contributed by atoms with Crippen molar-refractivity contribution in [3.63, 3.8) is 0 Å². The number of halogens is 1. The summed E-state index contributed by atoms with van der Waals surface area (Å²) in [4.78, 5) is 0. The first-order valence-corrected chi connectivity index (χ1v) is 3.68. The van der Waals surface area contributed by atoms with Crippen LogP contribution in [0.25, 0.3) is 0 Å². The zero-order chi connectivity index (χ0) is 6.97. The Morgan fingerprint density at radius 3 is 2.18 bits per heavy atom. The fraction of sp³-hybridized carbons (Fsp3) is 0.333. The van der Waals surface area contributed by atoms with Crippen molar-refractivity contribution in [2.45, 2.75) is 18.4 Å². The molecule has 0 saturated heterocycles. The Labute approximate surface area is 73.0 Å². The van der Waals surface area contributed by atoms with Gasteiger partial charge in [0.15, 0.2) is 0 Å². The average molecular weight is 170 g/mol. The Balaban J connectivity index is 0.000000605. The zero-order valence-electron chi connectivity index (χ0n) is 6.23. The van der Waals surface area contributed by atoms with Gasteiger partial charge in [0.25, 0.3) is 0 Å². The van der Waals surface area contributed by atoms with E-state index in [0.717, 1.165) is 0 Å². The monoisotopic (exact) mass is 169 g/mol. The minimum absolute atomic E-state index is 0. The van der Waals surface area contributed by atoms with E-state index < -0.39 is 0 Å². The van der Waals surface area contributed by atoms with E-state index in [9.17, 15) is 0 Å². The molecule has 60 valence electrons. The molecule has 0 heterocycles. The Bertz CT molecular complexity index is 222. The third-order valence-corrected chi connectivity index (χ3v) is 2.07. The van der Waals surface area contributed by atoms with Gasteiger partial charge in [0, 0.05) is 12.0 Å². The van der Waals surface area contributed by atoms with Gasteiger partial charge in [-0.2, -0.15) is 0 Å². The highest BCUT2D eigenvalue weighted by atomic mass is 35.5. The molecule has 2 rings (SSSR count). The topological polar surface area (TPSA) is 26.0 Å². The van der Waals surface area contributed by atoms with Gasteiger partial charge in [0.05, 0.1) is 0 Å². The molecule has 11 heavy (non-hydrogen) atoms. The number of benzene rings is 1. The summed E-state index contributed by atoms with van der Waals surface area (Å²) >= 11 is 0. The molecule has 1 unspecified atom stereocenters. The molecule has 0 bridgehead atoms. The number of nitrogens with two attached hydrogens (primary N) is 1. The van der Waals surface area contributed by atoms with Gasteiger partial charge in [-0.3, -0.25) is 0 Å². The highest BCUT2D eigenvalue weighted by molar-refractivity contribution is 5.85. The lowest BCUT2D eigenvalue weighted by molar-refractivity contribution is 0.991. The Kier molecular flexibility index (Phi) is 2.53. The molecule has 0 aromatic heterocycles. The second kappa shape index (κ2) is 3.24. The van der Waals surface area contributed by atoms with Crippen molar-refractivity contribution in [3.05, 3.63) is 35.9 Å². The van der Waals surface area contributed by atoms with Crippen molar-refractivity contribution in [1.82, 2.24) is 0 Å². The molecule has 0 spiro atoms. The van der Waals surface area contributed by atoms with Crippen molar-refractivity contribution in [1.29, 1.82) is 0 Å². The molecule has 0 aliphatic heterocycles. The van der Waals surface area contributed by atoms with E-state index in [4.69, 9.17) is 5.73 Å². The fourth-order valence-electron chi connectivity index (χ4n) is 1.30. The minimum Gasteiger partial charge on any atom is -0.327 e. The zero-order valence-corrected chi connectivity index (χ0v) is 7.05. The summed E-state index contributed by atoms with van der Waals surface area (Å²) in [6, 6.07) is 10.9. The van der Waals surface area contributed by atoms with Crippen molar-refractivity contribution in [2.75, 3.05) is 0 Å². The molecule has 2 atom stereocenters. The summed E-state index contributed by atoms with van der Waals surface area (Å²) in [5.41, 5.74) is 7.10. The van der Waals surface area contributed by atoms with Crippen LogP contribution in [0.1, 0.15) is 17.9 Å². The third-order valence-electron chi connectivity index (χ3n) is 2.07. The first-order chi connectivity index (χ1) is 4.88.